The van der Waals surface area contributed by atoms with Crippen LogP contribution in [0.5, 0.6) is 0 Å². The summed E-state index contributed by atoms with van der Waals surface area (Å²) in [7, 11) is 0. The molecule has 2 heterocycles. The van der Waals surface area contributed by atoms with Gasteiger partial charge in [-0.3, -0.25) is 14.4 Å². The lowest BCUT2D eigenvalue weighted by atomic mass is 10.1. The van der Waals surface area contributed by atoms with Gasteiger partial charge in [0.1, 0.15) is 6.04 Å². The van der Waals surface area contributed by atoms with Gasteiger partial charge in [-0.15, -0.1) is 0 Å². The van der Waals surface area contributed by atoms with Crippen molar-refractivity contribution < 1.29 is 28.7 Å². The third-order valence-electron chi connectivity index (χ3n) is 6.15. The summed E-state index contributed by atoms with van der Waals surface area (Å²) in [5.74, 6) is -1.61. The number of hydrogen-bond acceptors (Lipinski definition) is 6. The molecule has 2 aliphatic heterocycles. The van der Waals surface area contributed by atoms with Crippen molar-refractivity contribution in [2.24, 2.45) is 0 Å². The number of carbonyl (C=O) groups is 4. The highest BCUT2D eigenvalue weighted by molar-refractivity contribution is 6.30. The van der Waals surface area contributed by atoms with E-state index < -0.39 is 23.8 Å². The molecule has 0 aliphatic carbocycles. The van der Waals surface area contributed by atoms with Crippen LogP contribution in [-0.4, -0.2) is 60.5 Å². The topological polar surface area (TPSA) is 93.2 Å². The number of hydrogen-bond donors (Lipinski definition) is 0. The van der Waals surface area contributed by atoms with Crippen LogP contribution in [0.25, 0.3) is 0 Å². The molecule has 2 aliphatic rings. The van der Waals surface area contributed by atoms with E-state index in [0.29, 0.717) is 22.9 Å². The largest absolute Gasteiger partial charge is 0.462 e. The molecule has 0 spiro atoms. The maximum absolute atomic E-state index is 13.4. The number of carbonyl (C=O) groups excluding carboxylic acids is 4. The Morgan fingerprint density at radius 1 is 1.11 bits per heavy atom. The van der Waals surface area contributed by atoms with E-state index in [4.69, 9.17) is 21.1 Å². The van der Waals surface area contributed by atoms with E-state index in [1.807, 2.05) is 0 Å². The van der Waals surface area contributed by atoms with Crippen LogP contribution in [0, 0.1) is 0 Å². The van der Waals surface area contributed by atoms with Gasteiger partial charge in [0.25, 0.3) is 5.91 Å². The lowest BCUT2D eigenvalue weighted by molar-refractivity contribution is -0.139. The van der Waals surface area contributed by atoms with E-state index in [2.05, 4.69) is 0 Å². The van der Waals surface area contributed by atoms with Crippen molar-refractivity contribution in [1.82, 2.24) is 4.90 Å². The van der Waals surface area contributed by atoms with Gasteiger partial charge in [0, 0.05) is 18.2 Å². The normalized spacial score (nSPS) is 19.8. The number of esters is 1. The lowest BCUT2D eigenvalue weighted by Gasteiger charge is -2.30. The maximum atomic E-state index is 13.4. The number of nitrogens with zero attached hydrogens (tertiary/aromatic N) is 2. The van der Waals surface area contributed by atoms with E-state index in [1.165, 1.54) is 29.2 Å². The Kier molecular flexibility index (Phi) is 7.83. The Labute approximate surface area is 208 Å². The molecule has 0 aromatic heterocycles. The highest BCUT2D eigenvalue weighted by Crippen LogP contribution is 2.28. The summed E-state index contributed by atoms with van der Waals surface area (Å²) < 4.78 is 10.7. The lowest BCUT2D eigenvalue weighted by Crippen LogP contribution is -2.49. The van der Waals surface area contributed by atoms with Gasteiger partial charge in [-0.05, 0) is 61.7 Å². The van der Waals surface area contributed by atoms with Gasteiger partial charge in [-0.2, -0.15) is 0 Å². The molecule has 2 unspecified atom stereocenters. The molecule has 0 N–H and O–H groups in total. The van der Waals surface area contributed by atoms with Crippen LogP contribution in [-0.2, 0) is 30.3 Å². The Hall–Kier alpha value is -3.23. The first-order valence-electron chi connectivity index (χ1n) is 11.7. The van der Waals surface area contributed by atoms with Crippen LogP contribution in [0.1, 0.15) is 42.1 Å². The maximum Gasteiger partial charge on any atom is 0.338 e. The molecule has 2 saturated heterocycles. The quantitative estimate of drug-likeness (QED) is 0.409. The van der Waals surface area contributed by atoms with Gasteiger partial charge in [-0.25, -0.2) is 9.69 Å². The Balaban J connectivity index is 1.54. The monoisotopic (exact) mass is 498 g/mol. The van der Waals surface area contributed by atoms with Crippen LogP contribution < -0.4 is 4.90 Å². The molecule has 2 aromatic carbocycles. The van der Waals surface area contributed by atoms with E-state index >= 15 is 0 Å². The highest BCUT2D eigenvalue weighted by Gasteiger charge is 2.45. The van der Waals surface area contributed by atoms with Gasteiger partial charge in [-0.1, -0.05) is 23.7 Å². The number of ether oxygens (including phenoxy) is 2. The van der Waals surface area contributed by atoms with E-state index in [9.17, 15) is 19.2 Å². The zero-order valence-corrected chi connectivity index (χ0v) is 20.2. The predicted molar refractivity (Wildman–Crippen MR) is 129 cm³/mol. The fraction of sp³-hybridized carbons (Fsp3) is 0.385. The van der Waals surface area contributed by atoms with Gasteiger partial charge in [0.05, 0.1) is 36.8 Å². The first kappa shape index (κ1) is 24.9. The number of rotatable bonds is 8. The summed E-state index contributed by atoms with van der Waals surface area (Å²) in [4.78, 5) is 54.2. The minimum Gasteiger partial charge on any atom is -0.462 e. The second-order valence-electron chi connectivity index (χ2n) is 8.54. The molecule has 4 rings (SSSR count). The summed E-state index contributed by atoms with van der Waals surface area (Å²) >= 11 is 5.95. The Morgan fingerprint density at radius 3 is 2.46 bits per heavy atom. The third kappa shape index (κ3) is 5.71. The van der Waals surface area contributed by atoms with Crippen molar-refractivity contribution >= 4 is 41.0 Å². The average Bonchev–Trinajstić information content (AvgIpc) is 3.46. The minimum absolute atomic E-state index is 0.0795. The molecule has 2 fully saturated rings. The molecule has 2 aromatic rings. The number of imide groups is 1. The zero-order chi connectivity index (χ0) is 24.9. The molecule has 0 bridgehead atoms. The van der Waals surface area contributed by atoms with E-state index in [0.717, 1.165) is 23.3 Å². The molecule has 2 atom stereocenters. The molecular formula is C26H27ClN2O6. The number of anilines is 1. The standard InChI is InChI=1S/C26H27ClN2O6/c1-2-34-26(33)18-7-11-20(12-8-18)29-24(31)15-22(25(29)32)28(16-21-4-3-13-35-21)23(30)14-17-5-9-19(27)10-6-17/h5-12,21-22H,2-4,13-16H2,1H3. The molecule has 8 nitrogen and oxygen atoms in total. The fourth-order valence-corrected chi connectivity index (χ4v) is 4.51. The molecule has 35 heavy (non-hydrogen) atoms. The van der Waals surface area contributed by atoms with Gasteiger partial charge in [0.2, 0.25) is 11.8 Å². The predicted octanol–water partition coefficient (Wildman–Crippen LogP) is 3.40. The highest BCUT2D eigenvalue weighted by atomic mass is 35.5. The first-order chi connectivity index (χ1) is 16.9. The third-order valence-corrected chi connectivity index (χ3v) is 6.40. The second-order valence-corrected chi connectivity index (χ2v) is 8.98. The van der Waals surface area contributed by atoms with Crippen molar-refractivity contribution in [3.63, 3.8) is 0 Å². The minimum atomic E-state index is -0.920. The van der Waals surface area contributed by atoms with Crippen LogP contribution in [0.2, 0.25) is 5.02 Å². The second kappa shape index (κ2) is 11.0. The van der Waals surface area contributed by atoms with Crippen LogP contribution >= 0.6 is 11.6 Å². The SMILES string of the molecule is CCOC(=O)c1ccc(N2C(=O)CC(N(CC3CCCO3)C(=O)Cc3ccc(Cl)cc3)C2=O)cc1. The van der Waals surface area contributed by atoms with Crippen molar-refractivity contribution in [3.05, 3.63) is 64.7 Å². The van der Waals surface area contributed by atoms with Crippen molar-refractivity contribution in [3.8, 4) is 0 Å². The Morgan fingerprint density at radius 2 is 1.83 bits per heavy atom. The van der Waals surface area contributed by atoms with E-state index in [1.54, 1.807) is 31.2 Å². The van der Waals surface area contributed by atoms with Gasteiger partial charge >= 0.3 is 5.97 Å². The Bertz CT molecular complexity index is 1100. The summed E-state index contributed by atoms with van der Waals surface area (Å²) in [6.07, 6.45) is 1.47. The van der Waals surface area contributed by atoms with Crippen LogP contribution in [0.4, 0.5) is 5.69 Å². The number of benzene rings is 2. The number of halogens is 1. The van der Waals surface area contributed by atoms with Crippen molar-refractivity contribution in [1.29, 1.82) is 0 Å². The molecule has 0 radical (unpaired) electrons. The fourth-order valence-electron chi connectivity index (χ4n) is 4.38. The van der Waals surface area contributed by atoms with E-state index in [-0.39, 0.29) is 38.0 Å². The summed E-state index contributed by atoms with van der Waals surface area (Å²) in [5.41, 5.74) is 1.43. The summed E-state index contributed by atoms with van der Waals surface area (Å²) in [5, 5.41) is 0.568. The molecule has 184 valence electrons. The summed E-state index contributed by atoms with van der Waals surface area (Å²) in [6, 6.07) is 12.1. The smallest absolute Gasteiger partial charge is 0.338 e. The number of amides is 3. The van der Waals surface area contributed by atoms with Gasteiger partial charge in [0.15, 0.2) is 0 Å². The van der Waals surface area contributed by atoms with Crippen molar-refractivity contribution in [2.75, 3.05) is 24.7 Å². The average molecular weight is 499 g/mol. The molecule has 3 amide bonds. The molecule has 9 heteroatoms. The zero-order valence-electron chi connectivity index (χ0n) is 19.4. The first-order valence-corrected chi connectivity index (χ1v) is 12.0. The van der Waals surface area contributed by atoms with Crippen LogP contribution in [0.15, 0.2) is 48.5 Å². The van der Waals surface area contributed by atoms with Crippen molar-refractivity contribution in [2.45, 2.75) is 44.8 Å². The van der Waals surface area contributed by atoms with Crippen LogP contribution in [0.3, 0.4) is 0 Å². The summed E-state index contributed by atoms with van der Waals surface area (Å²) in [6.45, 7) is 2.81. The molecular weight excluding hydrogens is 472 g/mol. The van der Waals surface area contributed by atoms with Gasteiger partial charge < -0.3 is 14.4 Å². The molecule has 0 saturated carbocycles.